The van der Waals surface area contributed by atoms with E-state index in [1.54, 1.807) is 0 Å². The van der Waals surface area contributed by atoms with Gasteiger partial charge in [-0.2, -0.15) is 0 Å². The Labute approximate surface area is 188 Å². The van der Waals surface area contributed by atoms with E-state index in [9.17, 15) is 17.6 Å². The summed E-state index contributed by atoms with van der Waals surface area (Å²) in [5.41, 5.74) is 3.09. The van der Waals surface area contributed by atoms with Crippen molar-refractivity contribution >= 4 is 0 Å². The van der Waals surface area contributed by atoms with E-state index in [0.29, 0.717) is 36.1 Å². The molecule has 0 radical (unpaired) electrons. The Kier molecular flexibility index (Phi) is 6.41. The fourth-order valence-corrected chi connectivity index (χ4v) is 4.38. The van der Waals surface area contributed by atoms with Crippen LogP contribution in [0.15, 0.2) is 42.5 Å². The summed E-state index contributed by atoms with van der Waals surface area (Å²) in [6.45, 7) is 2.14. The third-order valence-corrected chi connectivity index (χ3v) is 5.94. The van der Waals surface area contributed by atoms with Crippen LogP contribution in [0.4, 0.5) is 26.3 Å². The average Bonchev–Trinajstić information content (AvgIpc) is 2.74. The lowest BCUT2D eigenvalue weighted by Gasteiger charge is -2.23. The zero-order valence-corrected chi connectivity index (χ0v) is 18.0. The summed E-state index contributed by atoms with van der Waals surface area (Å²) < 4.78 is 85.3. The van der Waals surface area contributed by atoms with Crippen LogP contribution >= 0.6 is 0 Å². The highest BCUT2D eigenvalue weighted by molar-refractivity contribution is 5.78. The van der Waals surface area contributed by atoms with Crippen LogP contribution in [0.5, 0.6) is 5.75 Å². The minimum atomic E-state index is -5.08. The summed E-state index contributed by atoms with van der Waals surface area (Å²) in [5.74, 6) is -4.16. The normalized spacial score (nSPS) is 12.9. The summed E-state index contributed by atoms with van der Waals surface area (Å²) in [7, 11) is 0. The predicted molar refractivity (Wildman–Crippen MR) is 115 cm³/mol. The van der Waals surface area contributed by atoms with Crippen molar-refractivity contribution < 1.29 is 31.1 Å². The maximum Gasteiger partial charge on any atom is 0.573 e. The molecule has 0 unspecified atom stereocenters. The zero-order valence-electron chi connectivity index (χ0n) is 18.0. The van der Waals surface area contributed by atoms with Crippen molar-refractivity contribution in [3.63, 3.8) is 0 Å². The number of hydrogen-bond donors (Lipinski definition) is 0. The Balaban J connectivity index is 1.70. The van der Waals surface area contributed by atoms with Crippen molar-refractivity contribution in [1.29, 1.82) is 0 Å². The SMILES string of the molecule is CCCCCc1ccc2c(c1)CCc1c-2cc(F)c(-c2ccc(OC(F)(F)F)c(F)c2)c1F. The van der Waals surface area contributed by atoms with Gasteiger partial charge in [-0.3, -0.25) is 0 Å². The van der Waals surface area contributed by atoms with Crippen LogP contribution in [0, 0.1) is 17.5 Å². The molecule has 0 saturated carbocycles. The summed E-state index contributed by atoms with van der Waals surface area (Å²) >= 11 is 0. The molecule has 1 aliphatic rings. The first-order valence-electron chi connectivity index (χ1n) is 10.9. The standard InChI is InChI=1S/C26H22F6O/c1-2-3-4-5-15-6-9-18-16(12-15)7-10-19-20(18)14-22(28)24(25(19)29)17-8-11-23(21(27)13-17)33-26(30,31)32/h6,8-9,11-14H,2-5,7,10H2,1H3. The van der Waals surface area contributed by atoms with Crippen LogP contribution in [0.3, 0.4) is 0 Å². The molecule has 3 aromatic carbocycles. The summed E-state index contributed by atoms with van der Waals surface area (Å²) in [6, 6.07) is 9.54. The monoisotopic (exact) mass is 464 g/mol. The van der Waals surface area contributed by atoms with E-state index in [1.165, 1.54) is 11.6 Å². The highest BCUT2D eigenvalue weighted by Gasteiger charge is 2.33. The Morgan fingerprint density at radius 1 is 0.848 bits per heavy atom. The van der Waals surface area contributed by atoms with E-state index in [4.69, 9.17) is 0 Å². The Morgan fingerprint density at radius 2 is 1.64 bits per heavy atom. The van der Waals surface area contributed by atoms with Gasteiger partial charge in [-0.25, -0.2) is 13.2 Å². The average molecular weight is 464 g/mol. The van der Waals surface area contributed by atoms with Crippen molar-refractivity contribution in [2.75, 3.05) is 0 Å². The number of halogens is 6. The minimum Gasteiger partial charge on any atom is -0.403 e. The van der Waals surface area contributed by atoms with Gasteiger partial charge in [0.25, 0.3) is 0 Å². The molecule has 0 bridgehead atoms. The highest BCUT2D eigenvalue weighted by Crippen LogP contribution is 2.41. The largest absolute Gasteiger partial charge is 0.573 e. The van der Waals surface area contributed by atoms with Crippen molar-refractivity contribution in [3.05, 3.63) is 76.6 Å². The molecule has 0 atom stereocenters. The van der Waals surface area contributed by atoms with Gasteiger partial charge in [-0.15, -0.1) is 13.2 Å². The van der Waals surface area contributed by atoms with Crippen molar-refractivity contribution in [2.45, 2.75) is 51.8 Å². The third kappa shape index (κ3) is 4.87. The molecule has 0 spiro atoms. The van der Waals surface area contributed by atoms with Gasteiger partial charge in [0.2, 0.25) is 0 Å². The van der Waals surface area contributed by atoms with Crippen LogP contribution in [-0.2, 0) is 19.3 Å². The number of rotatable bonds is 6. The van der Waals surface area contributed by atoms with Gasteiger partial charge in [0.15, 0.2) is 11.6 Å². The van der Waals surface area contributed by atoms with Crippen LogP contribution < -0.4 is 4.74 Å². The lowest BCUT2D eigenvalue weighted by molar-refractivity contribution is -0.275. The molecule has 0 aliphatic heterocycles. The molecule has 0 N–H and O–H groups in total. The second-order valence-corrected chi connectivity index (χ2v) is 8.22. The van der Waals surface area contributed by atoms with Gasteiger partial charge in [-0.05, 0) is 77.3 Å². The van der Waals surface area contributed by atoms with Gasteiger partial charge >= 0.3 is 6.36 Å². The quantitative estimate of drug-likeness (QED) is 0.264. The molecule has 3 aromatic rings. The van der Waals surface area contributed by atoms with Crippen LogP contribution in [0.2, 0.25) is 0 Å². The molecule has 0 heterocycles. The lowest BCUT2D eigenvalue weighted by Crippen LogP contribution is -2.18. The number of unbranched alkanes of at least 4 members (excludes halogenated alkanes) is 2. The number of fused-ring (bicyclic) bond motifs is 3. The first-order chi connectivity index (χ1) is 15.7. The summed E-state index contributed by atoms with van der Waals surface area (Å²) in [6.07, 6.45) is 0.158. The number of ether oxygens (including phenoxy) is 1. The lowest BCUT2D eigenvalue weighted by atomic mass is 9.82. The highest BCUT2D eigenvalue weighted by atomic mass is 19.4. The first-order valence-corrected chi connectivity index (χ1v) is 10.9. The predicted octanol–water partition coefficient (Wildman–Crippen LogP) is 8.17. The van der Waals surface area contributed by atoms with E-state index in [2.05, 4.69) is 17.7 Å². The van der Waals surface area contributed by atoms with Crippen molar-refractivity contribution in [3.8, 4) is 28.0 Å². The van der Waals surface area contributed by atoms with Crippen molar-refractivity contribution in [1.82, 2.24) is 0 Å². The molecule has 1 nitrogen and oxygen atoms in total. The minimum absolute atomic E-state index is 0.197. The van der Waals surface area contributed by atoms with Crippen LogP contribution in [0.1, 0.15) is 42.9 Å². The third-order valence-electron chi connectivity index (χ3n) is 5.94. The van der Waals surface area contributed by atoms with E-state index >= 15 is 8.78 Å². The number of aryl methyl sites for hydroxylation is 2. The topological polar surface area (TPSA) is 9.23 Å². The molecular weight excluding hydrogens is 442 g/mol. The van der Waals surface area contributed by atoms with Crippen molar-refractivity contribution in [2.24, 2.45) is 0 Å². The zero-order chi connectivity index (χ0) is 23.8. The van der Waals surface area contributed by atoms with Gasteiger partial charge in [0.1, 0.15) is 11.6 Å². The second kappa shape index (κ2) is 9.12. The molecular formula is C26H22F6O. The first kappa shape index (κ1) is 23.2. The molecule has 4 rings (SSSR count). The fourth-order valence-electron chi connectivity index (χ4n) is 4.38. The van der Waals surface area contributed by atoms with Gasteiger partial charge in [-0.1, -0.05) is 44.0 Å². The smallest absolute Gasteiger partial charge is 0.403 e. The van der Waals surface area contributed by atoms with E-state index in [-0.39, 0.29) is 5.56 Å². The van der Waals surface area contributed by atoms with E-state index < -0.39 is 35.1 Å². The summed E-state index contributed by atoms with van der Waals surface area (Å²) in [5, 5.41) is 0. The molecule has 0 saturated heterocycles. The number of alkyl halides is 3. The molecule has 174 valence electrons. The maximum atomic E-state index is 15.4. The molecule has 0 aromatic heterocycles. The molecule has 1 aliphatic carbocycles. The number of benzene rings is 3. The molecule has 7 heteroatoms. The van der Waals surface area contributed by atoms with Gasteiger partial charge in [0, 0.05) is 0 Å². The van der Waals surface area contributed by atoms with E-state index in [0.717, 1.165) is 42.9 Å². The Morgan fingerprint density at radius 3 is 2.33 bits per heavy atom. The fraction of sp³-hybridized carbons (Fsp3) is 0.308. The number of hydrogen-bond acceptors (Lipinski definition) is 1. The van der Waals surface area contributed by atoms with Gasteiger partial charge in [0.05, 0.1) is 5.56 Å². The molecule has 0 amide bonds. The maximum absolute atomic E-state index is 15.4. The Hall–Kier alpha value is -2.96. The van der Waals surface area contributed by atoms with E-state index in [1.807, 2.05) is 12.1 Å². The second-order valence-electron chi connectivity index (χ2n) is 8.22. The van der Waals surface area contributed by atoms with Gasteiger partial charge < -0.3 is 4.74 Å². The van der Waals surface area contributed by atoms with Crippen LogP contribution in [-0.4, -0.2) is 6.36 Å². The Bertz CT molecular complexity index is 1180. The summed E-state index contributed by atoms with van der Waals surface area (Å²) in [4.78, 5) is 0. The molecule has 0 fully saturated rings. The van der Waals surface area contributed by atoms with Crippen LogP contribution in [0.25, 0.3) is 22.3 Å². The molecule has 33 heavy (non-hydrogen) atoms.